The Morgan fingerprint density at radius 2 is 1.75 bits per heavy atom. The summed E-state index contributed by atoms with van der Waals surface area (Å²) >= 11 is 0. The van der Waals surface area contributed by atoms with E-state index >= 15 is 0 Å². The van der Waals surface area contributed by atoms with Crippen molar-refractivity contribution in [3.05, 3.63) is 64.4 Å². The first-order valence-corrected chi connectivity index (χ1v) is 9.74. The van der Waals surface area contributed by atoms with Gasteiger partial charge in [0.2, 0.25) is 0 Å². The minimum atomic E-state index is -5.58. The predicted molar refractivity (Wildman–Crippen MR) is 112 cm³/mol. The summed E-state index contributed by atoms with van der Waals surface area (Å²) in [6.07, 6.45) is -8.69. The standard InChI is InChI=1S/C21H13F7N4O3.ClH/c22-12-6-5-9-3-1-2-4-14(33)15-11(20(23,24)25)8-13(29)16(30-15)17-31-32-18(35-17)19(34,10(12)7-9)21(26,27)28;/h1,3,5-8,34H,2,4,29H2;1H/b3-1-;. The monoisotopic (exact) mass is 538 g/mol. The summed E-state index contributed by atoms with van der Waals surface area (Å²) in [5, 5.41) is 17.1. The number of carbonyl (C=O) groups is 1. The number of nitrogen functional groups attached to an aromatic ring is 1. The molecule has 0 amide bonds. The number of rotatable bonds is 0. The van der Waals surface area contributed by atoms with Crippen molar-refractivity contribution in [3.63, 3.8) is 0 Å². The summed E-state index contributed by atoms with van der Waals surface area (Å²) in [6, 6.07) is 2.83. The number of aliphatic hydroxyl groups is 1. The molecule has 1 aliphatic heterocycles. The molecule has 192 valence electrons. The van der Waals surface area contributed by atoms with Crippen LogP contribution in [-0.2, 0) is 11.8 Å². The fourth-order valence-corrected chi connectivity index (χ4v) is 3.46. The lowest BCUT2D eigenvalue weighted by Crippen LogP contribution is -2.44. The van der Waals surface area contributed by atoms with Gasteiger partial charge in [-0.2, -0.15) is 26.3 Å². The van der Waals surface area contributed by atoms with Crippen molar-refractivity contribution in [2.45, 2.75) is 30.8 Å². The molecule has 6 bridgehead atoms. The number of nitrogens with two attached hydrogens (primary N) is 1. The number of halogens is 8. The molecular weight excluding hydrogens is 525 g/mol. The molecule has 0 spiro atoms. The van der Waals surface area contributed by atoms with Crippen LogP contribution in [0.2, 0.25) is 0 Å². The maximum absolute atomic E-state index is 14.5. The van der Waals surface area contributed by atoms with Gasteiger partial charge in [0, 0.05) is 12.0 Å². The van der Waals surface area contributed by atoms with Crippen molar-refractivity contribution in [1.82, 2.24) is 15.2 Å². The van der Waals surface area contributed by atoms with E-state index in [-0.39, 0.29) is 24.4 Å². The smallest absolute Gasteiger partial charge is 0.415 e. The second-order valence-electron chi connectivity index (χ2n) is 7.54. The number of anilines is 1. The van der Waals surface area contributed by atoms with Crippen LogP contribution in [0, 0.1) is 5.82 Å². The third-order valence-corrected chi connectivity index (χ3v) is 5.20. The second kappa shape index (κ2) is 9.17. The van der Waals surface area contributed by atoms with Crippen molar-refractivity contribution < 1.29 is 45.1 Å². The van der Waals surface area contributed by atoms with Gasteiger partial charge in [-0.25, -0.2) is 9.37 Å². The molecule has 1 atom stereocenters. The number of hydrogen-bond acceptors (Lipinski definition) is 7. The Kier molecular flexibility index (Phi) is 6.89. The van der Waals surface area contributed by atoms with Crippen LogP contribution in [0.25, 0.3) is 17.7 Å². The molecular formula is C21H14ClF7N4O3. The van der Waals surface area contributed by atoms with Gasteiger partial charge in [-0.15, -0.1) is 22.6 Å². The Balaban J connectivity index is 0.00000361. The van der Waals surface area contributed by atoms with E-state index in [1.54, 1.807) is 0 Å². The third kappa shape index (κ3) is 4.53. The van der Waals surface area contributed by atoms with Gasteiger partial charge in [-0.1, -0.05) is 18.2 Å². The summed E-state index contributed by atoms with van der Waals surface area (Å²) < 4.78 is 102. The topological polar surface area (TPSA) is 115 Å². The van der Waals surface area contributed by atoms with E-state index in [4.69, 9.17) is 10.2 Å². The zero-order valence-electron chi connectivity index (χ0n) is 17.6. The number of nitrogens with zero attached hydrogens (tertiary/aromatic N) is 3. The average Bonchev–Trinajstić information content (AvgIpc) is 3.25. The molecule has 4 rings (SSSR count). The molecule has 0 radical (unpaired) electrons. The first-order valence-electron chi connectivity index (χ1n) is 9.74. The SMILES string of the molecule is Cl.Nc1cc(C(F)(F)F)c2nc1-c1nnc(o1)C(O)(C(F)(F)F)c1cc(ccc1F)/C=C\CCC2=O. The number of hydrogen-bond donors (Lipinski definition) is 2. The minimum Gasteiger partial charge on any atom is -0.415 e. The molecule has 0 aliphatic carbocycles. The van der Waals surface area contributed by atoms with Crippen LogP contribution in [0.5, 0.6) is 0 Å². The lowest BCUT2D eigenvalue weighted by Gasteiger charge is -2.28. The Hall–Kier alpha value is -3.52. The summed E-state index contributed by atoms with van der Waals surface area (Å²) in [6.45, 7) is 0. The van der Waals surface area contributed by atoms with Crippen molar-refractivity contribution in [2.24, 2.45) is 0 Å². The van der Waals surface area contributed by atoms with Gasteiger partial charge < -0.3 is 15.3 Å². The minimum absolute atomic E-state index is 0. The number of alkyl halides is 6. The molecule has 3 heterocycles. The second-order valence-corrected chi connectivity index (χ2v) is 7.54. The lowest BCUT2D eigenvalue weighted by molar-refractivity contribution is -0.256. The van der Waals surface area contributed by atoms with Gasteiger partial charge in [0.25, 0.3) is 17.4 Å². The van der Waals surface area contributed by atoms with E-state index < -0.39 is 76.0 Å². The molecule has 1 aromatic carbocycles. The zero-order valence-corrected chi connectivity index (χ0v) is 18.4. The molecule has 0 saturated carbocycles. The third-order valence-electron chi connectivity index (χ3n) is 5.20. The zero-order chi connectivity index (χ0) is 25.8. The maximum Gasteiger partial charge on any atom is 0.430 e. The van der Waals surface area contributed by atoms with Crippen LogP contribution < -0.4 is 5.73 Å². The first kappa shape index (κ1) is 27.1. The molecule has 7 nitrogen and oxygen atoms in total. The first-order chi connectivity index (χ1) is 16.2. The van der Waals surface area contributed by atoms with E-state index in [9.17, 15) is 40.6 Å². The van der Waals surface area contributed by atoms with E-state index in [0.29, 0.717) is 18.2 Å². The van der Waals surface area contributed by atoms with Crippen LogP contribution in [0.4, 0.5) is 36.4 Å². The van der Waals surface area contributed by atoms with Crippen molar-refractivity contribution in [1.29, 1.82) is 0 Å². The number of allylic oxidation sites excluding steroid dienone is 1. The average molecular weight is 539 g/mol. The molecule has 3 aromatic rings. The molecule has 2 aromatic heterocycles. The fraction of sp³-hybridized carbons (Fsp3) is 0.238. The number of fused-ring (bicyclic) bond motifs is 7. The van der Waals surface area contributed by atoms with Gasteiger partial charge >= 0.3 is 12.4 Å². The van der Waals surface area contributed by atoms with Crippen LogP contribution >= 0.6 is 12.4 Å². The normalized spacial score (nSPS) is 19.2. The van der Waals surface area contributed by atoms with Gasteiger partial charge in [0.1, 0.15) is 11.5 Å². The summed E-state index contributed by atoms with van der Waals surface area (Å²) in [5.41, 5.74) is -3.77. The van der Waals surface area contributed by atoms with E-state index in [0.717, 1.165) is 6.07 Å². The molecule has 0 fully saturated rings. The number of ketones is 1. The summed E-state index contributed by atoms with van der Waals surface area (Å²) in [5.74, 6) is -4.95. The highest BCUT2D eigenvalue weighted by atomic mass is 35.5. The Bertz CT molecular complexity index is 1350. The Labute approximate surface area is 203 Å². The molecule has 36 heavy (non-hydrogen) atoms. The fourth-order valence-electron chi connectivity index (χ4n) is 3.46. The molecule has 1 aliphatic rings. The number of pyridine rings is 1. The van der Waals surface area contributed by atoms with Gasteiger partial charge in [-0.05, 0) is 30.2 Å². The van der Waals surface area contributed by atoms with E-state index in [1.165, 1.54) is 12.2 Å². The summed E-state index contributed by atoms with van der Waals surface area (Å²) in [4.78, 5) is 16.1. The highest BCUT2D eigenvalue weighted by Crippen LogP contribution is 2.46. The predicted octanol–water partition coefficient (Wildman–Crippen LogP) is 5.08. The van der Waals surface area contributed by atoms with Crippen LogP contribution in [0.15, 0.2) is 34.8 Å². The van der Waals surface area contributed by atoms with Crippen molar-refractivity contribution in [2.75, 3.05) is 5.73 Å². The molecule has 0 saturated heterocycles. The largest absolute Gasteiger partial charge is 0.430 e. The highest BCUT2D eigenvalue weighted by molar-refractivity contribution is 5.97. The van der Waals surface area contributed by atoms with Crippen molar-refractivity contribution in [3.8, 4) is 11.6 Å². The van der Waals surface area contributed by atoms with Gasteiger partial charge in [0.15, 0.2) is 11.5 Å². The number of Topliss-reactive ketones (excluding diaryl/α,β-unsaturated/α-hetero) is 1. The number of carbonyl (C=O) groups excluding carboxylic acids is 1. The maximum atomic E-state index is 14.5. The van der Waals surface area contributed by atoms with Gasteiger partial charge in [0.05, 0.1) is 11.3 Å². The van der Waals surface area contributed by atoms with Crippen LogP contribution in [0.1, 0.15) is 45.9 Å². The van der Waals surface area contributed by atoms with E-state index in [1.807, 2.05) is 0 Å². The number of benzene rings is 1. The van der Waals surface area contributed by atoms with E-state index in [2.05, 4.69) is 15.2 Å². The van der Waals surface area contributed by atoms with Gasteiger partial charge in [-0.3, -0.25) is 4.79 Å². The Morgan fingerprint density at radius 3 is 2.39 bits per heavy atom. The Morgan fingerprint density at radius 1 is 1.06 bits per heavy atom. The number of aromatic nitrogens is 3. The van der Waals surface area contributed by atoms with Crippen LogP contribution in [-0.4, -0.2) is 32.2 Å². The lowest BCUT2D eigenvalue weighted by atomic mass is 9.90. The van der Waals surface area contributed by atoms with Crippen molar-refractivity contribution >= 4 is 30.0 Å². The molecule has 15 heteroatoms. The molecule has 1 unspecified atom stereocenters. The quantitative estimate of drug-likeness (QED) is 0.383. The molecule has 3 N–H and O–H groups in total. The van der Waals surface area contributed by atoms with Crippen LogP contribution in [0.3, 0.4) is 0 Å². The highest BCUT2D eigenvalue weighted by Gasteiger charge is 2.61. The summed E-state index contributed by atoms with van der Waals surface area (Å²) in [7, 11) is 0.